The summed E-state index contributed by atoms with van der Waals surface area (Å²) < 4.78 is 29.6. The van der Waals surface area contributed by atoms with Crippen molar-refractivity contribution in [3.63, 3.8) is 0 Å². The van der Waals surface area contributed by atoms with E-state index in [4.69, 9.17) is 9.66 Å². The molecule has 2 N–H and O–H groups in total. The van der Waals surface area contributed by atoms with Crippen LogP contribution in [0.2, 0.25) is 0 Å². The maximum absolute atomic E-state index is 10.5. The van der Waals surface area contributed by atoms with Crippen LogP contribution in [0, 0.1) is 6.92 Å². The Hall–Kier alpha value is -0.391. The van der Waals surface area contributed by atoms with Crippen molar-refractivity contribution < 1.29 is 35.1 Å². The van der Waals surface area contributed by atoms with Crippen molar-refractivity contribution in [2.45, 2.75) is 18.7 Å². The van der Waals surface area contributed by atoms with E-state index in [-0.39, 0.29) is 28.6 Å². The van der Waals surface area contributed by atoms with Gasteiger partial charge >= 0.3 is 0 Å². The van der Waals surface area contributed by atoms with Crippen molar-refractivity contribution in [2.24, 2.45) is 0 Å². The monoisotopic (exact) mass is 274 g/mol. The van der Waals surface area contributed by atoms with Gasteiger partial charge in [0.05, 0.1) is 4.90 Å². The minimum atomic E-state index is -4.02. The number of aliphatic hydroxyl groups is 1. The van der Waals surface area contributed by atoms with Crippen LogP contribution >= 0.6 is 0 Å². The molecule has 0 amide bonds. The largest absolute Gasteiger partial charge is 0.397 e. The second-order valence-electron chi connectivity index (χ2n) is 2.60. The van der Waals surface area contributed by atoms with Crippen LogP contribution in [-0.4, -0.2) is 24.7 Å². The first-order valence-electron chi connectivity index (χ1n) is 4.06. The molecule has 15 heavy (non-hydrogen) atoms. The quantitative estimate of drug-likeness (QED) is 0.596. The summed E-state index contributed by atoms with van der Waals surface area (Å²) in [4.78, 5) is -0.0666. The van der Waals surface area contributed by atoms with E-state index in [9.17, 15) is 8.42 Å². The molecule has 0 aliphatic carbocycles. The zero-order valence-electron chi connectivity index (χ0n) is 8.49. The van der Waals surface area contributed by atoms with E-state index in [1.807, 2.05) is 6.92 Å². The summed E-state index contributed by atoms with van der Waals surface area (Å²) in [6, 6.07) is 5.99. The summed E-state index contributed by atoms with van der Waals surface area (Å²) in [5.74, 6) is 0. The molecule has 0 atom stereocenters. The van der Waals surface area contributed by atoms with E-state index in [1.165, 1.54) is 12.1 Å². The van der Waals surface area contributed by atoms with Gasteiger partial charge in [-0.1, -0.05) is 17.7 Å². The van der Waals surface area contributed by atoms with Gasteiger partial charge in [-0.3, -0.25) is 4.55 Å². The van der Waals surface area contributed by atoms with E-state index >= 15 is 0 Å². The molecule has 1 aromatic carbocycles. The van der Waals surface area contributed by atoms with Gasteiger partial charge in [-0.25, -0.2) is 0 Å². The number of aliphatic hydroxyl groups excluding tert-OH is 1. The summed E-state index contributed by atoms with van der Waals surface area (Å²) >= 11 is 0. The van der Waals surface area contributed by atoms with Gasteiger partial charge in [-0.2, -0.15) is 8.42 Å². The van der Waals surface area contributed by atoms with E-state index in [0.29, 0.717) is 0 Å². The Kier molecular flexibility index (Phi) is 8.90. The first kappa shape index (κ1) is 17.0. The van der Waals surface area contributed by atoms with Crippen molar-refractivity contribution in [1.29, 1.82) is 0 Å². The third-order valence-electron chi connectivity index (χ3n) is 1.32. The standard InChI is InChI=1S/C7H8O3S.C2H6O.Fe/c1-6-2-4-7(5-3-6)11(8,9)10;1-2-3;/h2-5H,1H3,(H,8,9,10);3H,2H2,1H3;. The molecule has 0 heterocycles. The average molecular weight is 274 g/mol. The molecule has 88 valence electrons. The van der Waals surface area contributed by atoms with Gasteiger partial charge in [-0.05, 0) is 26.0 Å². The normalized spacial score (nSPS) is 9.60. The number of rotatable bonds is 1. The van der Waals surface area contributed by atoms with Crippen molar-refractivity contribution in [3.05, 3.63) is 29.8 Å². The van der Waals surface area contributed by atoms with Gasteiger partial charge in [0.1, 0.15) is 0 Å². The average Bonchev–Trinajstić information content (AvgIpc) is 2.04. The molecular weight excluding hydrogens is 260 g/mol. The molecular formula is C9H14FeO4S. The first-order chi connectivity index (χ1) is 6.41. The van der Waals surface area contributed by atoms with E-state index in [1.54, 1.807) is 19.1 Å². The molecule has 0 unspecified atom stereocenters. The van der Waals surface area contributed by atoms with Crippen molar-refractivity contribution in [2.75, 3.05) is 6.61 Å². The Balaban J connectivity index is 0. The molecule has 0 radical (unpaired) electrons. The summed E-state index contributed by atoms with van der Waals surface area (Å²) in [5, 5.41) is 7.57. The van der Waals surface area contributed by atoms with Crippen LogP contribution in [0.1, 0.15) is 12.5 Å². The fourth-order valence-corrected chi connectivity index (χ4v) is 1.19. The number of hydrogen-bond acceptors (Lipinski definition) is 3. The van der Waals surface area contributed by atoms with Crippen LogP contribution in [0.4, 0.5) is 0 Å². The van der Waals surface area contributed by atoms with Gasteiger partial charge in [0, 0.05) is 23.7 Å². The smallest absolute Gasteiger partial charge is 0.294 e. The summed E-state index contributed by atoms with van der Waals surface area (Å²) in [6.45, 7) is 3.77. The van der Waals surface area contributed by atoms with Gasteiger partial charge < -0.3 is 5.11 Å². The second kappa shape index (κ2) is 7.84. The minimum absolute atomic E-state index is 0. The SMILES string of the molecule is CCO.Cc1ccc(S(=O)(=O)O)cc1.[Fe]. The molecule has 0 spiro atoms. The summed E-state index contributed by atoms with van der Waals surface area (Å²) in [6.07, 6.45) is 0. The van der Waals surface area contributed by atoms with Crippen molar-refractivity contribution in [3.8, 4) is 0 Å². The molecule has 0 aliphatic heterocycles. The zero-order valence-corrected chi connectivity index (χ0v) is 10.4. The van der Waals surface area contributed by atoms with Gasteiger partial charge in [0.15, 0.2) is 0 Å². The maximum Gasteiger partial charge on any atom is 0.294 e. The third kappa shape index (κ3) is 7.53. The Labute approximate surface area is 101 Å². The Morgan fingerprint density at radius 2 is 1.53 bits per heavy atom. The molecule has 0 bridgehead atoms. The van der Waals surface area contributed by atoms with Crippen LogP contribution in [0.25, 0.3) is 0 Å². The molecule has 4 nitrogen and oxygen atoms in total. The molecule has 0 aromatic heterocycles. The van der Waals surface area contributed by atoms with Crippen LogP contribution in [0.5, 0.6) is 0 Å². The molecule has 0 aliphatic rings. The Morgan fingerprint density at radius 1 is 1.20 bits per heavy atom. The number of benzene rings is 1. The van der Waals surface area contributed by atoms with E-state index < -0.39 is 10.1 Å². The van der Waals surface area contributed by atoms with Crippen LogP contribution in [0.15, 0.2) is 29.2 Å². The second-order valence-corrected chi connectivity index (χ2v) is 4.03. The molecule has 6 heteroatoms. The van der Waals surface area contributed by atoms with Crippen molar-refractivity contribution >= 4 is 10.1 Å². The van der Waals surface area contributed by atoms with Gasteiger partial charge in [0.2, 0.25) is 0 Å². The predicted molar refractivity (Wildman–Crippen MR) is 53.8 cm³/mol. The number of aryl methyl sites for hydroxylation is 1. The Bertz CT molecular complexity index is 358. The topological polar surface area (TPSA) is 74.6 Å². The van der Waals surface area contributed by atoms with Crippen LogP contribution in [0.3, 0.4) is 0 Å². The number of hydrogen-bond donors (Lipinski definition) is 2. The fourth-order valence-electron chi connectivity index (χ4n) is 0.710. The summed E-state index contributed by atoms with van der Waals surface area (Å²) in [5.41, 5.74) is 0.956. The minimum Gasteiger partial charge on any atom is -0.397 e. The molecule has 1 aromatic rings. The van der Waals surface area contributed by atoms with Gasteiger partial charge in [0.25, 0.3) is 10.1 Å². The third-order valence-corrected chi connectivity index (χ3v) is 2.19. The van der Waals surface area contributed by atoms with E-state index in [2.05, 4.69) is 0 Å². The van der Waals surface area contributed by atoms with Gasteiger partial charge in [-0.15, -0.1) is 0 Å². The Morgan fingerprint density at radius 3 is 1.80 bits per heavy atom. The molecule has 0 saturated heterocycles. The molecule has 0 saturated carbocycles. The van der Waals surface area contributed by atoms with Crippen molar-refractivity contribution in [1.82, 2.24) is 0 Å². The van der Waals surface area contributed by atoms with Crippen LogP contribution in [-0.2, 0) is 27.2 Å². The zero-order chi connectivity index (χ0) is 11.2. The fraction of sp³-hybridized carbons (Fsp3) is 0.333. The molecule has 0 fully saturated rings. The molecule has 1 rings (SSSR count). The predicted octanol–water partition coefficient (Wildman–Crippen LogP) is 1.24. The van der Waals surface area contributed by atoms with Crippen LogP contribution < -0.4 is 0 Å². The maximum atomic E-state index is 10.5. The van der Waals surface area contributed by atoms with E-state index in [0.717, 1.165) is 5.56 Å². The first-order valence-corrected chi connectivity index (χ1v) is 5.50. The summed E-state index contributed by atoms with van der Waals surface area (Å²) in [7, 11) is -4.02.